The molecule has 1 aliphatic heterocycles. The summed E-state index contributed by atoms with van der Waals surface area (Å²) in [6.45, 7) is 0.804. The maximum atomic E-state index is 12.9. The number of carbonyl (C=O) groups is 1. The van der Waals surface area contributed by atoms with Gasteiger partial charge in [-0.25, -0.2) is 0 Å². The van der Waals surface area contributed by atoms with Gasteiger partial charge < -0.3 is 9.88 Å². The van der Waals surface area contributed by atoms with Crippen LogP contribution >= 0.6 is 0 Å². The van der Waals surface area contributed by atoms with Crippen molar-refractivity contribution in [3.05, 3.63) is 66.2 Å². The third-order valence-electron chi connectivity index (χ3n) is 5.72. The highest BCUT2D eigenvalue weighted by Crippen LogP contribution is 2.32. The summed E-state index contributed by atoms with van der Waals surface area (Å²) in [5.74, 6) is 1.09. The second-order valence-corrected chi connectivity index (χ2v) is 7.45. The van der Waals surface area contributed by atoms with Crippen molar-refractivity contribution in [2.75, 3.05) is 6.54 Å². The van der Waals surface area contributed by atoms with Crippen molar-refractivity contribution in [2.45, 2.75) is 38.1 Å². The molecule has 1 fully saturated rings. The maximum absolute atomic E-state index is 12.9. The number of fused-ring (bicyclic) bond motifs is 2. The minimum atomic E-state index is 0.0259. The lowest BCUT2D eigenvalue weighted by Crippen LogP contribution is -2.31. The molecule has 0 unspecified atom stereocenters. The van der Waals surface area contributed by atoms with Gasteiger partial charge in [-0.1, -0.05) is 24.3 Å². The second kappa shape index (κ2) is 7.11. The normalized spacial score (nSPS) is 17.0. The molecule has 142 valence electrons. The Bertz CT molecular complexity index is 1130. The number of aryl methyl sites for hydroxylation is 1. The van der Waals surface area contributed by atoms with Crippen LogP contribution in [0.4, 0.5) is 0 Å². The Kier molecular flexibility index (Phi) is 4.31. The number of pyridine rings is 1. The molecule has 5 rings (SSSR count). The van der Waals surface area contributed by atoms with Crippen molar-refractivity contribution in [1.82, 2.24) is 24.5 Å². The number of rotatable bonds is 5. The molecule has 1 saturated heterocycles. The third-order valence-corrected chi connectivity index (χ3v) is 5.72. The van der Waals surface area contributed by atoms with Crippen molar-refractivity contribution < 1.29 is 4.79 Å². The van der Waals surface area contributed by atoms with E-state index < -0.39 is 0 Å². The lowest BCUT2D eigenvalue weighted by atomic mass is 10.1. The molecule has 0 aliphatic carbocycles. The van der Waals surface area contributed by atoms with Gasteiger partial charge in [0.15, 0.2) is 11.5 Å². The summed E-state index contributed by atoms with van der Waals surface area (Å²) in [7, 11) is 0. The van der Waals surface area contributed by atoms with Gasteiger partial charge >= 0.3 is 0 Å². The molecule has 4 aromatic rings. The first-order valence-electron chi connectivity index (χ1n) is 9.95. The molecule has 1 aromatic carbocycles. The van der Waals surface area contributed by atoms with Crippen molar-refractivity contribution in [3.63, 3.8) is 0 Å². The fourth-order valence-electron chi connectivity index (χ4n) is 4.33. The van der Waals surface area contributed by atoms with Crippen LogP contribution in [0.1, 0.15) is 43.1 Å². The number of likely N-dealkylation sites (tertiary alicyclic amines) is 1. The van der Waals surface area contributed by atoms with Gasteiger partial charge in [0, 0.05) is 36.3 Å². The van der Waals surface area contributed by atoms with Gasteiger partial charge in [-0.2, -0.15) is 0 Å². The zero-order valence-electron chi connectivity index (χ0n) is 15.7. The quantitative estimate of drug-likeness (QED) is 0.577. The summed E-state index contributed by atoms with van der Waals surface area (Å²) in [6.07, 6.45) is 8.32. The van der Waals surface area contributed by atoms with E-state index in [1.54, 1.807) is 0 Å². The summed E-state index contributed by atoms with van der Waals surface area (Å²) in [5.41, 5.74) is 3.27. The summed E-state index contributed by atoms with van der Waals surface area (Å²) in [6, 6.07) is 14.2. The zero-order valence-corrected chi connectivity index (χ0v) is 15.7. The Morgan fingerprint density at radius 2 is 2.04 bits per heavy atom. The van der Waals surface area contributed by atoms with Crippen molar-refractivity contribution in [2.24, 2.45) is 0 Å². The van der Waals surface area contributed by atoms with Crippen LogP contribution in [0.25, 0.3) is 16.6 Å². The predicted molar refractivity (Wildman–Crippen MR) is 108 cm³/mol. The van der Waals surface area contributed by atoms with E-state index >= 15 is 0 Å². The number of hydrogen-bond donors (Lipinski definition) is 1. The van der Waals surface area contributed by atoms with Crippen LogP contribution in [0, 0.1) is 0 Å². The van der Waals surface area contributed by atoms with Gasteiger partial charge in [0.1, 0.15) is 0 Å². The highest BCUT2D eigenvalue weighted by atomic mass is 16.2. The number of aromatic nitrogens is 4. The van der Waals surface area contributed by atoms with Crippen molar-refractivity contribution in [3.8, 4) is 0 Å². The van der Waals surface area contributed by atoms with E-state index in [2.05, 4.69) is 39.6 Å². The van der Waals surface area contributed by atoms with Crippen LogP contribution < -0.4 is 0 Å². The molecule has 6 nitrogen and oxygen atoms in total. The molecule has 0 bridgehead atoms. The number of para-hydroxylation sites is 1. The Morgan fingerprint density at radius 3 is 3.00 bits per heavy atom. The molecule has 0 saturated carbocycles. The van der Waals surface area contributed by atoms with E-state index in [0.717, 1.165) is 49.2 Å². The van der Waals surface area contributed by atoms with E-state index in [1.165, 1.54) is 10.9 Å². The highest BCUT2D eigenvalue weighted by Gasteiger charge is 2.32. The van der Waals surface area contributed by atoms with E-state index in [1.807, 2.05) is 39.8 Å². The smallest absolute Gasteiger partial charge is 0.223 e. The largest absolute Gasteiger partial charge is 0.361 e. The topological polar surface area (TPSA) is 66.3 Å². The molecule has 0 spiro atoms. The Labute approximate surface area is 163 Å². The zero-order chi connectivity index (χ0) is 18.9. The first kappa shape index (κ1) is 17.0. The predicted octanol–water partition coefficient (Wildman–Crippen LogP) is 3.90. The van der Waals surface area contributed by atoms with Crippen LogP contribution in [0.2, 0.25) is 0 Å². The summed E-state index contributed by atoms with van der Waals surface area (Å²) >= 11 is 0. The van der Waals surface area contributed by atoms with E-state index in [0.29, 0.717) is 6.42 Å². The van der Waals surface area contributed by atoms with Crippen LogP contribution in [0.15, 0.2) is 54.9 Å². The lowest BCUT2D eigenvalue weighted by molar-refractivity contribution is -0.132. The van der Waals surface area contributed by atoms with Crippen molar-refractivity contribution >= 4 is 22.5 Å². The number of carbonyl (C=O) groups excluding carboxylic acids is 1. The average molecular weight is 373 g/mol. The van der Waals surface area contributed by atoms with Gasteiger partial charge in [0.2, 0.25) is 5.91 Å². The second-order valence-electron chi connectivity index (χ2n) is 7.45. The first-order valence-corrected chi connectivity index (χ1v) is 9.95. The van der Waals surface area contributed by atoms with Crippen LogP contribution in [-0.4, -0.2) is 36.9 Å². The minimum absolute atomic E-state index is 0.0259. The molecule has 28 heavy (non-hydrogen) atoms. The molecular weight excluding hydrogens is 350 g/mol. The molecule has 0 radical (unpaired) electrons. The fourth-order valence-corrected chi connectivity index (χ4v) is 4.33. The third kappa shape index (κ3) is 2.95. The molecule has 4 heterocycles. The number of amides is 1. The molecule has 1 N–H and O–H groups in total. The molecular formula is C22H23N5O. The molecule has 1 amide bonds. The van der Waals surface area contributed by atoms with Gasteiger partial charge in [-0.05, 0) is 49.4 Å². The Hall–Kier alpha value is -3.15. The maximum Gasteiger partial charge on any atom is 0.223 e. The Balaban J connectivity index is 1.27. The average Bonchev–Trinajstić information content (AvgIpc) is 3.45. The van der Waals surface area contributed by atoms with Crippen LogP contribution in [0.5, 0.6) is 0 Å². The highest BCUT2D eigenvalue weighted by molar-refractivity contribution is 5.83. The van der Waals surface area contributed by atoms with Gasteiger partial charge in [0.25, 0.3) is 0 Å². The molecule has 1 aliphatic rings. The number of hydrogen-bond acceptors (Lipinski definition) is 3. The van der Waals surface area contributed by atoms with E-state index in [-0.39, 0.29) is 11.9 Å². The van der Waals surface area contributed by atoms with Gasteiger partial charge in [-0.3, -0.25) is 9.20 Å². The number of nitrogens with one attached hydrogen (secondary N) is 1. The Morgan fingerprint density at radius 1 is 1.14 bits per heavy atom. The monoisotopic (exact) mass is 373 g/mol. The number of nitrogens with zero attached hydrogens (tertiary/aromatic N) is 4. The van der Waals surface area contributed by atoms with Gasteiger partial charge in [-0.15, -0.1) is 10.2 Å². The van der Waals surface area contributed by atoms with E-state index in [9.17, 15) is 4.79 Å². The summed E-state index contributed by atoms with van der Waals surface area (Å²) in [5, 5.41) is 9.89. The fraction of sp³-hybridized carbons (Fsp3) is 0.318. The standard InChI is InChI=1S/C22H23N5O/c28-21(12-5-7-16-15-23-18-9-2-1-8-17(16)18)26-14-6-10-19(26)22-25-24-20-11-3-4-13-27(20)22/h1-4,8-9,11,13,15,19,23H,5-7,10,12,14H2/t19-/m0/s1. The van der Waals surface area contributed by atoms with Gasteiger partial charge in [0.05, 0.1) is 6.04 Å². The number of aromatic amines is 1. The number of benzene rings is 1. The lowest BCUT2D eigenvalue weighted by Gasteiger charge is -2.23. The SMILES string of the molecule is O=C(CCCc1c[nH]c2ccccc12)N1CCC[C@H]1c1nnc2ccccn12. The number of H-pyrrole nitrogens is 1. The molecule has 6 heteroatoms. The van der Waals surface area contributed by atoms with Crippen LogP contribution in [0.3, 0.4) is 0 Å². The molecule has 3 aromatic heterocycles. The first-order chi connectivity index (χ1) is 13.8. The van der Waals surface area contributed by atoms with E-state index in [4.69, 9.17) is 0 Å². The summed E-state index contributed by atoms with van der Waals surface area (Å²) in [4.78, 5) is 18.2. The van der Waals surface area contributed by atoms with Crippen LogP contribution in [-0.2, 0) is 11.2 Å². The minimum Gasteiger partial charge on any atom is -0.361 e. The molecule has 1 atom stereocenters. The van der Waals surface area contributed by atoms with Crippen molar-refractivity contribution in [1.29, 1.82) is 0 Å². The summed E-state index contributed by atoms with van der Waals surface area (Å²) < 4.78 is 2.00.